The Labute approximate surface area is 230 Å². The van der Waals surface area contributed by atoms with Crippen molar-refractivity contribution in [2.75, 3.05) is 10.7 Å². The van der Waals surface area contributed by atoms with Crippen LogP contribution in [-0.4, -0.2) is 44.0 Å². The normalized spacial score (nSPS) is 14.6. The van der Waals surface area contributed by atoms with Crippen molar-refractivity contribution in [2.24, 2.45) is 4.99 Å². The number of rotatable bonds is 6. The number of aromatic nitrogens is 3. The molecule has 1 fully saturated rings. The Hall–Kier alpha value is -4.65. The summed E-state index contributed by atoms with van der Waals surface area (Å²) in [5.41, 5.74) is 3.63. The number of nitrogens with one attached hydrogen (secondary N) is 1. The first-order valence-corrected chi connectivity index (χ1v) is 12.9. The van der Waals surface area contributed by atoms with Crippen LogP contribution in [0.5, 0.6) is 5.75 Å². The van der Waals surface area contributed by atoms with Gasteiger partial charge in [0, 0.05) is 12.1 Å². The highest BCUT2D eigenvalue weighted by molar-refractivity contribution is 8.15. The lowest BCUT2D eigenvalue weighted by molar-refractivity contribution is -0.274. The van der Waals surface area contributed by atoms with Crippen molar-refractivity contribution in [3.63, 3.8) is 0 Å². The highest BCUT2D eigenvalue weighted by Gasteiger charge is 2.32. The number of halogens is 3. The third-order valence-corrected chi connectivity index (χ3v) is 6.72. The molecule has 4 aromatic rings. The van der Waals surface area contributed by atoms with Gasteiger partial charge in [-0.2, -0.15) is 4.99 Å². The number of amides is 3. The van der Waals surface area contributed by atoms with Crippen molar-refractivity contribution in [2.45, 2.75) is 19.8 Å². The van der Waals surface area contributed by atoms with Crippen molar-refractivity contribution < 1.29 is 27.5 Å². The molecular weight excluding hydrogens is 545 g/mol. The van der Waals surface area contributed by atoms with Crippen molar-refractivity contribution in [1.29, 1.82) is 0 Å². The summed E-state index contributed by atoms with van der Waals surface area (Å²) in [6.07, 6.45) is -3.31. The van der Waals surface area contributed by atoms with Gasteiger partial charge in [0.2, 0.25) is 5.91 Å². The number of para-hydroxylation sites is 1. The molecular formula is C27H21F3N6O3S. The first-order valence-electron chi connectivity index (χ1n) is 11.9. The molecule has 1 aliphatic heterocycles. The molecule has 40 heavy (non-hydrogen) atoms. The molecule has 1 aromatic heterocycles. The molecule has 1 N–H and O–H groups in total. The van der Waals surface area contributed by atoms with Gasteiger partial charge in [0.15, 0.2) is 11.0 Å². The van der Waals surface area contributed by atoms with E-state index in [0.29, 0.717) is 27.9 Å². The van der Waals surface area contributed by atoms with E-state index in [1.807, 2.05) is 31.2 Å². The van der Waals surface area contributed by atoms with Gasteiger partial charge in [-0.3, -0.25) is 9.69 Å². The van der Waals surface area contributed by atoms with Crippen molar-refractivity contribution in [1.82, 2.24) is 20.1 Å². The van der Waals surface area contributed by atoms with E-state index in [4.69, 9.17) is 0 Å². The number of hydrogen-bond donors (Lipinski definition) is 1. The van der Waals surface area contributed by atoms with Crippen LogP contribution in [0.15, 0.2) is 84.1 Å². The van der Waals surface area contributed by atoms with E-state index in [9.17, 15) is 22.8 Å². The average molecular weight is 567 g/mol. The number of aliphatic imine (C=N–C) groups is 1. The van der Waals surface area contributed by atoms with Gasteiger partial charge in [-0.15, -0.1) is 18.3 Å². The molecule has 0 saturated carbocycles. The quantitative estimate of drug-likeness (QED) is 0.331. The van der Waals surface area contributed by atoms with Crippen LogP contribution in [0.1, 0.15) is 11.1 Å². The minimum atomic E-state index is -4.76. The van der Waals surface area contributed by atoms with E-state index >= 15 is 0 Å². The second kappa shape index (κ2) is 11.2. The molecule has 0 aliphatic carbocycles. The minimum absolute atomic E-state index is 0.134. The van der Waals surface area contributed by atoms with Crippen molar-refractivity contribution in [3.8, 4) is 22.8 Å². The summed E-state index contributed by atoms with van der Waals surface area (Å²) in [5, 5.41) is 7.45. The molecule has 3 aromatic carbocycles. The van der Waals surface area contributed by atoms with Crippen LogP contribution >= 0.6 is 11.8 Å². The molecule has 204 valence electrons. The molecule has 9 nitrogen and oxygen atoms in total. The minimum Gasteiger partial charge on any atom is -0.406 e. The van der Waals surface area contributed by atoms with Crippen LogP contribution in [0.25, 0.3) is 17.1 Å². The van der Waals surface area contributed by atoms with Crippen molar-refractivity contribution in [3.05, 3.63) is 90.3 Å². The summed E-state index contributed by atoms with van der Waals surface area (Å²) in [6, 6.07) is 19.3. The summed E-state index contributed by atoms with van der Waals surface area (Å²) in [6.45, 7) is 2.11. The number of benzene rings is 3. The Balaban J connectivity index is 1.20. The average Bonchev–Trinajstić information content (AvgIpc) is 3.55. The second-order valence-corrected chi connectivity index (χ2v) is 9.55. The maximum absolute atomic E-state index is 12.5. The number of nitrogens with zero attached hydrogens (tertiary/aromatic N) is 5. The Morgan fingerprint density at radius 2 is 1.80 bits per heavy atom. The molecule has 5 rings (SSSR count). The first-order chi connectivity index (χ1) is 19.2. The maximum Gasteiger partial charge on any atom is 0.573 e. The number of alkyl halides is 3. The third kappa shape index (κ3) is 6.31. The molecule has 2 heterocycles. The van der Waals surface area contributed by atoms with Gasteiger partial charge in [-0.25, -0.2) is 14.5 Å². The van der Waals surface area contributed by atoms with Gasteiger partial charge in [0.1, 0.15) is 12.1 Å². The van der Waals surface area contributed by atoms with Crippen LogP contribution < -0.4 is 15.0 Å². The van der Waals surface area contributed by atoms with E-state index in [-0.39, 0.29) is 24.0 Å². The molecule has 0 unspecified atom stereocenters. The van der Waals surface area contributed by atoms with E-state index in [1.54, 1.807) is 24.3 Å². The summed E-state index contributed by atoms with van der Waals surface area (Å²) >= 11 is 1.21. The molecule has 0 radical (unpaired) electrons. The van der Waals surface area contributed by atoms with Crippen LogP contribution in [0.2, 0.25) is 0 Å². The zero-order valence-corrected chi connectivity index (χ0v) is 21.7. The van der Waals surface area contributed by atoms with Crippen LogP contribution in [-0.2, 0) is 11.3 Å². The Kier molecular flexibility index (Phi) is 7.56. The molecule has 13 heteroatoms. The third-order valence-electron chi connectivity index (χ3n) is 5.80. The first kappa shape index (κ1) is 26.9. The number of thioether (sulfide) groups is 1. The molecule has 0 spiro atoms. The SMILES string of the molecule is Cc1ccccc1N1C(=O)CS/C1=N\C(=O)NCc1ccc(-c2ncn(-c3ccc(OC(F)(F)F)cc3)n2)cc1. The number of carbonyl (C=O) groups is 2. The lowest BCUT2D eigenvalue weighted by atomic mass is 10.1. The van der Waals surface area contributed by atoms with Gasteiger partial charge in [0.05, 0.1) is 17.1 Å². The monoisotopic (exact) mass is 566 g/mol. The lowest BCUT2D eigenvalue weighted by Gasteiger charge is -2.18. The van der Waals surface area contributed by atoms with Crippen LogP contribution in [0.4, 0.5) is 23.7 Å². The summed E-state index contributed by atoms with van der Waals surface area (Å²) in [5.74, 6) is 0.162. The van der Waals surface area contributed by atoms with E-state index in [1.165, 1.54) is 51.9 Å². The molecule has 3 amide bonds. The Bertz CT molecular complexity index is 1570. The number of amidine groups is 1. The van der Waals surface area contributed by atoms with Gasteiger partial charge in [0.25, 0.3) is 0 Å². The topological polar surface area (TPSA) is 102 Å². The number of hydrogen-bond acceptors (Lipinski definition) is 6. The van der Waals surface area contributed by atoms with Gasteiger partial charge >= 0.3 is 12.4 Å². The van der Waals surface area contributed by atoms with Gasteiger partial charge in [-0.1, -0.05) is 54.2 Å². The largest absolute Gasteiger partial charge is 0.573 e. The highest BCUT2D eigenvalue weighted by Crippen LogP contribution is 2.29. The fraction of sp³-hybridized carbons (Fsp3) is 0.148. The number of ether oxygens (including phenoxy) is 1. The zero-order chi connectivity index (χ0) is 28.3. The maximum atomic E-state index is 12.5. The smallest absolute Gasteiger partial charge is 0.406 e. The predicted molar refractivity (Wildman–Crippen MR) is 144 cm³/mol. The number of carbonyl (C=O) groups excluding carboxylic acids is 2. The standard InChI is InChI=1S/C27H21F3N6O3S/c1-17-4-2-3-5-22(17)36-23(37)15-40-26(36)33-25(38)31-14-18-6-8-19(9-7-18)24-32-16-35(34-24)20-10-12-21(13-11-20)39-27(28,29)30/h2-13,16H,14-15H2,1H3,(H,31,38)/b33-26-. The highest BCUT2D eigenvalue weighted by atomic mass is 32.2. The molecule has 1 saturated heterocycles. The fourth-order valence-corrected chi connectivity index (χ4v) is 4.75. The lowest BCUT2D eigenvalue weighted by Crippen LogP contribution is -2.31. The zero-order valence-electron chi connectivity index (χ0n) is 20.9. The number of anilines is 1. The molecule has 0 bridgehead atoms. The molecule has 1 aliphatic rings. The van der Waals surface area contributed by atoms with Crippen LogP contribution in [0, 0.1) is 6.92 Å². The summed E-state index contributed by atoms with van der Waals surface area (Å²) in [4.78, 5) is 34.8. The fourth-order valence-electron chi connectivity index (χ4n) is 3.89. The number of aryl methyl sites for hydroxylation is 1. The second-order valence-electron chi connectivity index (χ2n) is 8.61. The Morgan fingerprint density at radius 3 is 2.50 bits per heavy atom. The number of urea groups is 1. The Morgan fingerprint density at radius 1 is 1.07 bits per heavy atom. The van der Waals surface area contributed by atoms with Gasteiger partial charge < -0.3 is 10.1 Å². The summed E-state index contributed by atoms with van der Waals surface area (Å²) < 4.78 is 42.4. The van der Waals surface area contributed by atoms with E-state index in [2.05, 4.69) is 25.1 Å². The summed E-state index contributed by atoms with van der Waals surface area (Å²) in [7, 11) is 0. The predicted octanol–water partition coefficient (Wildman–Crippen LogP) is 5.49. The molecule has 0 atom stereocenters. The van der Waals surface area contributed by atoms with Crippen LogP contribution in [0.3, 0.4) is 0 Å². The van der Waals surface area contributed by atoms with E-state index < -0.39 is 12.4 Å². The van der Waals surface area contributed by atoms with Crippen molar-refractivity contribution >= 4 is 34.6 Å². The van der Waals surface area contributed by atoms with Gasteiger partial charge in [-0.05, 0) is 48.4 Å². The van der Waals surface area contributed by atoms with E-state index in [0.717, 1.165) is 11.1 Å².